The van der Waals surface area contributed by atoms with Gasteiger partial charge in [-0.05, 0) is 26.7 Å². The summed E-state index contributed by atoms with van der Waals surface area (Å²) < 4.78 is 1.71. The number of aryl methyl sites for hydroxylation is 2. The Bertz CT molecular complexity index is 446. The Morgan fingerprint density at radius 3 is 2.67 bits per heavy atom. The summed E-state index contributed by atoms with van der Waals surface area (Å²) in [4.78, 5) is 14.4. The zero-order valence-corrected chi connectivity index (χ0v) is 11.4. The molecule has 5 nitrogen and oxygen atoms in total. The summed E-state index contributed by atoms with van der Waals surface area (Å²) in [6, 6.07) is 0.359. The van der Waals surface area contributed by atoms with E-state index in [0.29, 0.717) is 24.0 Å². The first-order valence-corrected chi connectivity index (χ1v) is 6.66. The van der Waals surface area contributed by atoms with Crippen LogP contribution < -0.4 is 5.73 Å². The smallest absolute Gasteiger partial charge is 0.274 e. The molecule has 1 aliphatic rings. The second-order valence-corrected chi connectivity index (χ2v) is 5.02. The van der Waals surface area contributed by atoms with Crippen LogP contribution in [0.15, 0.2) is 0 Å². The third kappa shape index (κ3) is 2.09. The number of amides is 1. The molecule has 1 aliphatic carbocycles. The highest BCUT2D eigenvalue weighted by Crippen LogP contribution is 2.25. The summed E-state index contributed by atoms with van der Waals surface area (Å²) in [5.41, 5.74) is 7.79. The van der Waals surface area contributed by atoms with E-state index in [4.69, 9.17) is 5.73 Å². The van der Waals surface area contributed by atoms with Gasteiger partial charge in [-0.2, -0.15) is 5.10 Å². The lowest BCUT2D eigenvalue weighted by atomic mass is 10.2. The standard InChI is InChI=1S/C13H22N4O/c1-4-17-12(11(14)9(2)15-17)13(18)16(3)10-7-5-6-8-10/h10H,4-8,14H2,1-3H3. The van der Waals surface area contributed by atoms with Gasteiger partial charge in [-0.1, -0.05) is 12.8 Å². The Labute approximate surface area is 108 Å². The van der Waals surface area contributed by atoms with E-state index in [9.17, 15) is 4.79 Å². The lowest BCUT2D eigenvalue weighted by Gasteiger charge is -2.24. The Kier molecular flexibility index (Phi) is 3.59. The Balaban J connectivity index is 2.27. The predicted octanol–water partition coefficient (Wildman–Crippen LogP) is 1.81. The minimum atomic E-state index is 0.00171. The van der Waals surface area contributed by atoms with Crippen molar-refractivity contribution >= 4 is 11.6 Å². The molecule has 18 heavy (non-hydrogen) atoms. The fourth-order valence-electron chi connectivity index (χ4n) is 2.67. The number of hydrogen-bond acceptors (Lipinski definition) is 3. The maximum atomic E-state index is 12.5. The largest absolute Gasteiger partial charge is 0.395 e. The van der Waals surface area contributed by atoms with Gasteiger partial charge in [0.1, 0.15) is 5.69 Å². The van der Waals surface area contributed by atoms with Crippen LogP contribution in [-0.4, -0.2) is 33.7 Å². The van der Waals surface area contributed by atoms with Crippen LogP contribution in [0.3, 0.4) is 0 Å². The molecule has 0 unspecified atom stereocenters. The molecule has 0 bridgehead atoms. The number of nitrogens with zero attached hydrogens (tertiary/aromatic N) is 3. The molecule has 1 amide bonds. The first kappa shape index (κ1) is 12.9. The summed E-state index contributed by atoms with van der Waals surface area (Å²) in [6.07, 6.45) is 4.62. The van der Waals surface area contributed by atoms with Crippen molar-refractivity contribution in [1.29, 1.82) is 0 Å². The minimum absolute atomic E-state index is 0.00171. The van der Waals surface area contributed by atoms with Crippen molar-refractivity contribution in [2.45, 2.75) is 52.1 Å². The van der Waals surface area contributed by atoms with E-state index in [2.05, 4.69) is 5.10 Å². The summed E-state index contributed by atoms with van der Waals surface area (Å²) in [5, 5.41) is 4.30. The van der Waals surface area contributed by atoms with Crippen LogP contribution in [0.4, 0.5) is 5.69 Å². The van der Waals surface area contributed by atoms with Gasteiger partial charge in [0.05, 0.1) is 11.4 Å². The van der Waals surface area contributed by atoms with E-state index in [1.165, 1.54) is 12.8 Å². The van der Waals surface area contributed by atoms with Gasteiger partial charge in [-0.25, -0.2) is 0 Å². The van der Waals surface area contributed by atoms with Crippen LogP contribution >= 0.6 is 0 Å². The summed E-state index contributed by atoms with van der Waals surface area (Å²) in [5.74, 6) is 0.00171. The van der Waals surface area contributed by atoms with E-state index in [1.807, 2.05) is 25.8 Å². The molecule has 0 saturated heterocycles. The number of rotatable bonds is 3. The Morgan fingerprint density at radius 2 is 2.11 bits per heavy atom. The number of anilines is 1. The second kappa shape index (κ2) is 5.00. The van der Waals surface area contributed by atoms with Gasteiger partial charge in [0.25, 0.3) is 5.91 Å². The first-order valence-electron chi connectivity index (χ1n) is 6.66. The van der Waals surface area contributed by atoms with Crippen molar-refractivity contribution in [2.75, 3.05) is 12.8 Å². The fourth-order valence-corrected chi connectivity index (χ4v) is 2.67. The van der Waals surface area contributed by atoms with Crippen molar-refractivity contribution < 1.29 is 4.79 Å². The van der Waals surface area contributed by atoms with Crippen LogP contribution in [0, 0.1) is 6.92 Å². The Hall–Kier alpha value is -1.52. The number of nitrogen functional groups attached to an aromatic ring is 1. The van der Waals surface area contributed by atoms with Gasteiger partial charge < -0.3 is 10.6 Å². The quantitative estimate of drug-likeness (QED) is 0.889. The summed E-state index contributed by atoms with van der Waals surface area (Å²) in [7, 11) is 1.88. The molecule has 5 heteroatoms. The van der Waals surface area contributed by atoms with Gasteiger partial charge >= 0.3 is 0 Å². The molecular weight excluding hydrogens is 228 g/mol. The second-order valence-electron chi connectivity index (χ2n) is 5.02. The van der Waals surface area contributed by atoms with Crippen molar-refractivity contribution in [3.8, 4) is 0 Å². The van der Waals surface area contributed by atoms with Gasteiger partial charge in [-0.3, -0.25) is 9.48 Å². The molecule has 1 saturated carbocycles. The number of carbonyl (C=O) groups excluding carboxylic acids is 1. The molecule has 2 rings (SSSR count). The lowest BCUT2D eigenvalue weighted by molar-refractivity contribution is 0.0723. The molecule has 0 radical (unpaired) electrons. The van der Waals surface area contributed by atoms with Gasteiger partial charge in [-0.15, -0.1) is 0 Å². The SMILES string of the molecule is CCn1nc(C)c(N)c1C(=O)N(C)C1CCCC1. The third-order valence-corrected chi connectivity index (χ3v) is 3.87. The Morgan fingerprint density at radius 1 is 1.50 bits per heavy atom. The van der Waals surface area contributed by atoms with Gasteiger partial charge in [0.15, 0.2) is 0 Å². The molecule has 0 spiro atoms. The fraction of sp³-hybridized carbons (Fsp3) is 0.692. The average Bonchev–Trinajstić information content (AvgIpc) is 2.97. The average molecular weight is 250 g/mol. The van der Waals surface area contributed by atoms with Crippen LogP contribution in [-0.2, 0) is 6.54 Å². The van der Waals surface area contributed by atoms with Crippen LogP contribution in [0.1, 0.15) is 48.8 Å². The highest BCUT2D eigenvalue weighted by atomic mass is 16.2. The molecular formula is C13H22N4O. The molecule has 1 aromatic rings. The van der Waals surface area contributed by atoms with Crippen LogP contribution in [0.25, 0.3) is 0 Å². The van der Waals surface area contributed by atoms with Crippen molar-refractivity contribution in [3.63, 3.8) is 0 Å². The van der Waals surface area contributed by atoms with Crippen molar-refractivity contribution in [1.82, 2.24) is 14.7 Å². The van der Waals surface area contributed by atoms with E-state index >= 15 is 0 Å². The molecule has 1 fully saturated rings. The normalized spacial score (nSPS) is 16.2. The number of carbonyl (C=O) groups is 1. The monoisotopic (exact) mass is 250 g/mol. The number of hydrogen-bond donors (Lipinski definition) is 1. The van der Waals surface area contributed by atoms with E-state index in [0.717, 1.165) is 18.5 Å². The van der Waals surface area contributed by atoms with Crippen molar-refractivity contribution in [3.05, 3.63) is 11.4 Å². The minimum Gasteiger partial charge on any atom is -0.395 e. The predicted molar refractivity (Wildman–Crippen MR) is 71.4 cm³/mol. The van der Waals surface area contributed by atoms with E-state index < -0.39 is 0 Å². The number of nitrogens with two attached hydrogens (primary N) is 1. The van der Waals surface area contributed by atoms with Crippen LogP contribution in [0.2, 0.25) is 0 Å². The maximum Gasteiger partial charge on any atom is 0.274 e. The summed E-state index contributed by atoms with van der Waals surface area (Å²) in [6.45, 7) is 4.48. The molecule has 0 aliphatic heterocycles. The zero-order chi connectivity index (χ0) is 13.3. The third-order valence-electron chi connectivity index (χ3n) is 3.87. The van der Waals surface area contributed by atoms with Crippen LogP contribution in [0.5, 0.6) is 0 Å². The number of aromatic nitrogens is 2. The maximum absolute atomic E-state index is 12.5. The van der Waals surface area contributed by atoms with E-state index in [1.54, 1.807) is 4.68 Å². The molecule has 100 valence electrons. The molecule has 0 aromatic carbocycles. The molecule has 0 atom stereocenters. The molecule has 2 N–H and O–H groups in total. The highest BCUT2D eigenvalue weighted by Gasteiger charge is 2.28. The lowest BCUT2D eigenvalue weighted by Crippen LogP contribution is -2.36. The first-order chi connectivity index (χ1) is 8.56. The molecule has 1 aromatic heterocycles. The highest BCUT2D eigenvalue weighted by molar-refractivity contribution is 5.98. The van der Waals surface area contributed by atoms with E-state index in [-0.39, 0.29) is 5.91 Å². The summed E-state index contributed by atoms with van der Waals surface area (Å²) >= 11 is 0. The zero-order valence-electron chi connectivity index (χ0n) is 11.4. The van der Waals surface area contributed by atoms with Gasteiger partial charge in [0.2, 0.25) is 0 Å². The topological polar surface area (TPSA) is 64.2 Å². The van der Waals surface area contributed by atoms with Gasteiger partial charge in [0, 0.05) is 19.6 Å². The van der Waals surface area contributed by atoms with Crippen molar-refractivity contribution in [2.24, 2.45) is 0 Å². The molecule has 1 heterocycles.